The normalized spacial score (nSPS) is 13.5. The molecule has 0 aliphatic rings. The molecule has 0 aliphatic carbocycles. The summed E-state index contributed by atoms with van der Waals surface area (Å²) in [6.07, 6.45) is 52.5. The summed E-state index contributed by atoms with van der Waals surface area (Å²) in [6.45, 7) is 4.21. The van der Waals surface area contributed by atoms with Gasteiger partial charge in [-0.2, -0.15) is 0 Å². The first kappa shape index (κ1) is 52.1. The van der Waals surface area contributed by atoms with Crippen LogP contribution in [0.15, 0.2) is 12.2 Å². The van der Waals surface area contributed by atoms with Crippen LogP contribution in [0.1, 0.15) is 264 Å². The van der Waals surface area contributed by atoms with Gasteiger partial charge in [-0.1, -0.05) is 251 Å². The van der Waals surface area contributed by atoms with Crippen LogP contribution in [-0.4, -0.2) is 46.1 Å². The Balaban J connectivity index is 3.47. The Morgan fingerprint density at radius 1 is 0.472 bits per heavy atom. The highest BCUT2D eigenvalue weighted by atomic mass is 16.3. The van der Waals surface area contributed by atoms with E-state index in [0.717, 1.165) is 25.7 Å². The summed E-state index contributed by atoms with van der Waals surface area (Å²) in [4.78, 5) is 12.4. The van der Waals surface area contributed by atoms with Gasteiger partial charge in [-0.25, -0.2) is 0 Å². The zero-order valence-corrected chi connectivity index (χ0v) is 35.9. The van der Waals surface area contributed by atoms with Gasteiger partial charge in [-0.05, 0) is 19.3 Å². The van der Waals surface area contributed by atoms with Crippen molar-refractivity contribution in [2.24, 2.45) is 0 Å². The number of aliphatic hydroxyl groups is 3. The summed E-state index contributed by atoms with van der Waals surface area (Å²) in [6, 6.07) is -0.738. The van der Waals surface area contributed by atoms with Crippen molar-refractivity contribution in [2.75, 3.05) is 6.61 Å². The standard InChI is InChI=1S/C48H95NO4/c1-3-5-7-9-11-13-15-16-17-18-19-20-21-22-23-24-25-26-27-28-29-30-31-32-33-35-37-39-41-45(51)43-48(53)49-46(44-50)47(52)42-40-38-36-34-14-12-10-8-6-4-2/h40,42,45-47,50-52H,3-39,41,43-44H2,1-2H3,(H,49,53)/b42-40+. The molecule has 0 saturated heterocycles. The quantitative estimate of drug-likeness (QED) is 0.0369. The van der Waals surface area contributed by atoms with Gasteiger partial charge in [0.2, 0.25) is 5.91 Å². The molecular formula is C48H95NO4. The number of amides is 1. The number of unbranched alkanes of at least 4 members (excludes halogenated alkanes) is 35. The minimum Gasteiger partial charge on any atom is -0.394 e. The van der Waals surface area contributed by atoms with E-state index in [-0.39, 0.29) is 18.9 Å². The number of nitrogens with one attached hydrogen (secondary N) is 1. The van der Waals surface area contributed by atoms with Crippen molar-refractivity contribution in [1.29, 1.82) is 0 Å². The minimum atomic E-state index is -0.923. The van der Waals surface area contributed by atoms with Gasteiger partial charge in [0.05, 0.1) is 31.3 Å². The molecule has 0 rings (SSSR count). The molecule has 0 aromatic heterocycles. The van der Waals surface area contributed by atoms with E-state index in [0.29, 0.717) is 6.42 Å². The molecule has 3 atom stereocenters. The van der Waals surface area contributed by atoms with Crippen molar-refractivity contribution in [2.45, 2.75) is 283 Å². The summed E-state index contributed by atoms with van der Waals surface area (Å²) in [7, 11) is 0. The van der Waals surface area contributed by atoms with Gasteiger partial charge >= 0.3 is 0 Å². The molecule has 3 unspecified atom stereocenters. The number of rotatable bonds is 44. The number of carbonyl (C=O) groups excluding carboxylic acids is 1. The van der Waals surface area contributed by atoms with Crippen molar-refractivity contribution in [3.63, 3.8) is 0 Å². The maximum Gasteiger partial charge on any atom is 0.222 e. The Hall–Kier alpha value is -0.910. The average Bonchev–Trinajstić information content (AvgIpc) is 3.15. The van der Waals surface area contributed by atoms with Gasteiger partial charge < -0.3 is 20.6 Å². The molecule has 0 radical (unpaired) electrons. The summed E-state index contributed by atoms with van der Waals surface area (Å²) in [5.41, 5.74) is 0. The van der Waals surface area contributed by atoms with Crippen LogP contribution in [0.3, 0.4) is 0 Å². The lowest BCUT2D eigenvalue weighted by atomic mass is 10.0. The SMILES string of the molecule is CCCCCCCCCC/C=C/C(O)C(CO)NC(=O)CC(O)CCCCCCCCCCCCCCCCCCCCCCCCCCCCCC. The van der Waals surface area contributed by atoms with Gasteiger partial charge in [0.25, 0.3) is 0 Å². The molecule has 0 fully saturated rings. The average molecular weight is 750 g/mol. The largest absolute Gasteiger partial charge is 0.394 e. The highest BCUT2D eigenvalue weighted by Gasteiger charge is 2.20. The first-order valence-corrected chi connectivity index (χ1v) is 24.0. The lowest BCUT2D eigenvalue weighted by Crippen LogP contribution is -2.45. The highest BCUT2D eigenvalue weighted by molar-refractivity contribution is 5.76. The zero-order chi connectivity index (χ0) is 38.7. The predicted molar refractivity (Wildman–Crippen MR) is 232 cm³/mol. The molecular weight excluding hydrogens is 655 g/mol. The van der Waals surface area contributed by atoms with Gasteiger partial charge in [0.1, 0.15) is 0 Å². The van der Waals surface area contributed by atoms with E-state index in [1.807, 2.05) is 6.08 Å². The molecule has 5 heteroatoms. The van der Waals surface area contributed by atoms with Crippen molar-refractivity contribution < 1.29 is 20.1 Å². The third-order valence-electron chi connectivity index (χ3n) is 11.3. The molecule has 0 spiro atoms. The van der Waals surface area contributed by atoms with E-state index in [2.05, 4.69) is 19.2 Å². The minimum absolute atomic E-state index is 0.0185. The number of carbonyl (C=O) groups is 1. The molecule has 5 nitrogen and oxygen atoms in total. The van der Waals surface area contributed by atoms with Crippen LogP contribution in [0, 0.1) is 0 Å². The molecule has 4 N–H and O–H groups in total. The van der Waals surface area contributed by atoms with Gasteiger partial charge in [0.15, 0.2) is 0 Å². The van der Waals surface area contributed by atoms with Crippen molar-refractivity contribution in [1.82, 2.24) is 5.32 Å². The molecule has 0 aliphatic heterocycles. The number of allylic oxidation sites excluding steroid dienone is 1. The van der Waals surface area contributed by atoms with Crippen molar-refractivity contribution >= 4 is 5.91 Å². The highest BCUT2D eigenvalue weighted by Crippen LogP contribution is 2.17. The van der Waals surface area contributed by atoms with Crippen LogP contribution in [-0.2, 0) is 4.79 Å². The van der Waals surface area contributed by atoms with Crippen LogP contribution < -0.4 is 5.32 Å². The van der Waals surface area contributed by atoms with E-state index in [1.54, 1.807) is 6.08 Å². The Kier molecular flexibility index (Phi) is 43.1. The van der Waals surface area contributed by atoms with E-state index >= 15 is 0 Å². The Morgan fingerprint density at radius 2 is 0.774 bits per heavy atom. The Morgan fingerprint density at radius 3 is 1.09 bits per heavy atom. The molecule has 0 aromatic rings. The van der Waals surface area contributed by atoms with Crippen LogP contribution >= 0.6 is 0 Å². The number of hydrogen-bond acceptors (Lipinski definition) is 4. The first-order chi connectivity index (χ1) is 26.0. The van der Waals surface area contributed by atoms with E-state index < -0.39 is 18.2 Å². The summed E-state index contributed by atoms with van der Waals surface area (Å²) >= 11 is 0. The fraction of sp³-hybridized carbons (Fsp3) is 0.938. The van der Waals surface area contributed by atoms with Crippen molar-refractivity contribution in [3.05, 3.63) is 12.2 Å². The molecule has 316 valence electrons. The van der Waals surface area contributed by atoms with Crippen LogP contribution in [0.4, 0.5) is 0 Å². The molecule has 53 heavy (non-hydrogen) atoms. The summed E-state index contributed by atoms with van der Waals surface area (Å²) in [5, 5.41) is 33.1. The topological polar surface area (TPSA) is 89.8 Å². The second-order valence-corrected chi connectivity index (χ2v) is 16.7. The summed E-state index contributed by atoms with van der Waals surface area (Å²) in [5.74, 6) is -0.313. The molecule has 0 bridgehead atoms. The monoisotopic (exact) mass is 750 g/mol. The van der Waals surface area contributed by atoms with Crippen LogP contribution in [0.5, 0.6) is 0 Å². The van der Waals surface area contributed by atoms with E-state index in [9.17, 15) is 20.1 Å². The molecule has 0 heterocycles. The van der Waals surface area contributed by atoms with E-state index in [4.69, 9.17) is 0 Å². The Labute approximate surface area is 331 Å². The van der Waals surface area contributed by atoms with Crippen LogP contribution in [0.25, 0.3) is 0 Å². The molecule has 1 amide bonds. The zero-order valence-electron chi connectivity index (χ0n) is 35.9. The lowest BCUT2D eigenvalue weighted by molar-refractivity contribution is -0.124. The summed E-state index contributed by atoms with van der Waals surface area (Å²) < 4.78 is 0. The first-order valence-electron chi connectivity index (χ1n) is 24.0. The fourth-order valence-corrected chi connectivity index (χ4v) is 7.64. The number of aliphatic hydroxyl groups excluding tert-OH is 3. The molecule has 0 aromatic carbocycles. The smallest absolute Gasteiger partial charge is 0.222 e. The fourth-order valence-electron chi connectivity index (χ4n) is 7.64. The third-order valence-corrected chi connectivity index (χ3v) is 11.3. The Bertz CT molecular complexity index is 743. The number of hydrogen-bond donors (Lipinski definition) is 4. The van der Waals surface area contributed by atoms with E-state index in [1.165, 1.54) is 212 Å². The van der Waals surface area contributed by atoms with Gasteiger partial charge in [0, 0.05) is 0 Å². The maximum atomic E-state index is 12.4. The maximum absolute atomic E-state index is 12.4. The predicted octanol–water partition coefficient (Wildman–Crippen LogP) is 14.0. The van der Waals surface area contributed by atoms with Crippen molar-refractivity contribution in [3.8, 4) is 0 Å². The van der Waals surface area contributed by atoms with Gasteiger partial charge in [-0.3, -0.25) is 4.79 Å². The second kappa shape index (κ2) is 43.8. The molecule has 0 saturated carbocycles. The lowest BCUT2D eigenvalue weighted by Gasteiger charge is -2.21. The van der Waals surface area contributed by atoms with Crippen LogP contribution in [0.2, 0.25) is 0 Å². The van der Waals surface area contributed by atoms with Gasteiger partial charge in [-0.15, -0.1) is 0 Å². The third kappa shape index (κ3) is 40.6. The second-order valence-electron chi connectivity index (χ2n) is 16.7.